The van der Waals surface area contributed by atoms with Crippen LogP contribution in [0.3, 0.4) is 0 Å². The number of benzene rings is 2. The lowest BCUT2D eigenvalue weighted by molar-refractivity contribution is -0.137. The van der Waals surface area contributed by atoms with Crippen LogP contribution in [0.25, 0.3) is 11.1 Å². The van der Waals surface area contributed by atoms with Gasteiger partial charge in [0, 0.05) is 12.0 Å². The Balaban J connectivity index is 2.61. The van der Waals surface area contributed by atoms with Crippen molar-refractivity contribution in [2.45, 2.75) is 19.5 Å². The first-order valence-electron chi connectivity index (χ1n) is 6.23. The number of Topliss-reactive ketones (excluding diaryl/α,β-unsaturated/α-hetero) is 1. The Hall–Kier alpha value is -2.10. The van der Waals surface area contributed by atoms with Crippen molar-refractivity contribution in [1.82, 2.24) is 0 Å². The van der Waals surface area contributed by atoms with Gasteiger partial charge in [0.1, 0.15) is 0 Å². The molecule has 0 aliphatic heterocycles. The van der Waals surface area contributed by atoms with E-state index < -0.39 is 11.7 Å². The summed E-state index contributed by atoms with van der Waals surface area (Å²) < 4.78 is 38.3. The van der Waals surface area contributed by atoms with E-state index in [0.717, 1.165) is 17.7 Å². The van der Waals surface area contributed by atoms with Crippen molar-refractivity contribution in [3.05, 3.63) is 59.7 Å². The fourth-order valence-electron chi connectivity index (χ4n) is 2.01. The quantitative estimate of drug-likeness (QED) is 0.725. The topological polar surface area (TPSA) is 17.1 Å². The van der Waals surface area contributed by atoms with Gasteiger partial charge in [0.2, 0.25) is 0 Å². The highest BCUT2D eigenvalue weighted by Gasteiger charge is 2.31. The molecule has 0 amide bonds. The molecule has 0 aliphatic carbocycles. The van der Waals surface area contributed by atoms with Crippen LogP contribution in [0, 0.1) is 0 Å². The third-order valence-electron chi connectivity index (χ3n) is 3.05. The van der Waals surface area contributed by atoms with Crippen molar-refractivity contribution in [2.75, 3.05) is 0 Å². The number of carbonyl (C=O) groups excluding carboxylic acids is 1. The van der Waals surface area contributed by atoms with E-state index in [1.165, 1.54) is 6.07 Å². The predicted molar refractivity (Wildman–Crippen MR) is 71.5 cm³/mol. The van der Waals surface area contributed by atoms with Crippen molar-refractivity contribution in [2.24, 2.45) is 0 Å². The number of alkyl halides is 3. The first-order chi connectivity index (χ1) is 9.43. The minimum absolute atomic E-state index is 0.119. The van der Waals surface area contributed by atoms with E-state index >= 15 is 0 Å². The van der Waals surface area contributed by atoms with E-state index in [-0.39, 0.29) is 17.8 Å². The van der Waals surface area contributed by atoms with Crippen LogP contribution in [0.2, 0.25) is 0 Å². The monoisotopic (exact) mass is 278 g/mol. The Morgan fingerprint density at radius 2 is 1.70 bits per heavy atom. The molecule has 0 heterocycles. The van der Waals surface area contributed by atoms with E-state index in [1.54, 1.807) is 31.2 Å². The number of carbonyl (C=O) groups is 1. The number of rotatable bonds is 3. The third-order valence-corrected chi connectivity index (χ3v) is 3.05. The highest BCUT2D eigenvalue weighted by Crippen LogP contribution is 2.33. The zero-order chi connectivity index (χ0) is 14.8. The first-order valence-corrected chi connectivity index (χ1v) is 6.23. The van der Waals surface area contributed by atoms with Crippen LogP contribution in [0.15, 0.2) is 48.5 Å². The van der Waals surface area contributed by atoms with Crippen molar-refractivity contribution < 1.29 is 18.0 Å². The highest BCUT2D eigenvalue weighted by molar-refractivity contribution is 6.02. The average Bonchev–Trinajstić information content (AvgIpc) is 2.45. The number of ketones is 1. The second-order valence-corrected chi connectivity index (χ2v) is 4.40. The molecule has 0 N–H and O–H groups in total. The van der Waals surface area contributed by atoms with Gasteiger partial charge in [0.05, 0.1) is 5.56 Å². The van der Waals surface area contributed by atoms with Crippen LogP contribution >= 0.6 is 0 Å². The number of halogens is 3. The molecule has 0 fully saturated rings. The van der Waals surface area contributed by atoms with Gasteiger partial charge in [-0.15, -0.1) is 0 Å². The summed E-state index contributed by atoms with van der Waals surface area (Å²) in [6.45, 7) is 1.64. The van der Waals surface area contributed by atoms with Crippen LogP contribution in [0.5, 0.6) is 0 Å². The maximum atomic E-state index is 12.8. The maximum Gasteiger partial charge on any atom is 0.416 e. The molecule has 1 nitrogen and oxygen atoms in total. The Morgan fingerprint density at radius 1 is 1.05 bits per heavy atom. The largest absolute Gasteiger partial charge is 0.416 e. The van der Waals surface area contributed by atoms with Crippen molar-refractivity contribution >= 4 is 5.78 Å². The molecule has 2 aromatic carbocycles. The van der Waals surface area contributed by atoms with Crippen molar-refractivity contribution in [1.29, 1.82) is 0 Å². The SMILES string of the molecule is CCC(=O)c1cc(C(F)(F)F)ccc1-c1ccccc1. The molecule has 0 unspecified atom stereocenters. The standard InChI is InChI=1S/C16H13F3O/c1-2-15(20)14-10-12(16(17,18)19)8-9-13(14)11-6-4-3-5-7-11/h3-10H,2H2,1H3. The van der Waals surface area contributed by atoms with Crippen LogP contribution in [0.4, 0.5) is 13.2 Å². The molecule has 20 heavy (non-hydrogen) atoms. The molecule has 0 atom stereocenters. The summed E-state index contributed by atoms with van der Waals surface area (Å²) in [5.74, 6) is -0.296. The fourth-order valence-corrected chi connectivity index (χ4v) is 2.01. The summed E-state index contributed by atoms with van der Waals surface area (Å²) >= 11 is 0. The van der Waals surface area contributed by atoms with E-state index in [0.29, 0.717) is 5.56 Å². The van der Waals surface area contributed by atoms with Crippen molar-refractivity contribution in [3.63, 3.8) is 0 Å². The summed E-state index contributed by atoms with van der Waals surface area (Å²) in [5.41, 5.74) is 0.589. The minimum Gasteiger partial charge on any atom is -0.294 e. The van der Waals surface area contributed by atoms with Gasteiger partial charge in [-0.3, -0.25) is 4.79 Å². The van der Waals surface area contributed by atoms with E-state index in [2.05, 4.69) is 0 Å². The summed E-state index contributed by atoms with van der Waals surface area (Å²) in [7, 11) is 0. The van der Waals surface area contributed by atoms with Gasteiger partial charge in [-0.2, -0.15) is 13.2 Å². The Kier molecular flexibility index (Phi) is 3.93. The minimum atomic E-state index is -4.45. The van der Waals surface area contributed by atoms with Crippen LogP contribution < -0.4 is 0 Å². The summed E-state index contributed by atoms with van der Waals surface area (Å²) in [4.78, 5) is 11.9. The summed E-state index contributed by atoms with van der Waals surface area (Å²) in [6.07, 6.45) is -4.28. The zero-order valence-corrected chi connectivity index (χ0v) is 10.9. The molecular weight excluding hydrogens is 265 g/mol. The normalized spacial score (nSPS) is 11.4. The number of hydrogen-bond donors (Lipinski definition) is 0. The Bertz CT molecular complexity index is 615. The van der Waals surface area contributed by atoms with Crippen LogP contribution in [0.1, 0.15) is 29.3 Å². The molecule has 0 saturated heterocycles. The van der Waals surface area contributed by atoms with Gasteiger partial charge in [-0.25, -0.2) is 0 Å². The second-order valence-electron chi connectivity index (χ2n) is 4.40. The number of hydrogen-bond acceptors (Lipinski definition) is 1. The lowest BCUT2D eigenvalue weighted by Crippen LogP contribution is -2.08. The highest BCUT2D eigenvalue weighted by atomic mass is 19.4. The summed E-state index contributed by atoms with van der Waals surface area (Å²) in [5, 5.41) is 0. The van der Waals surface area contributed by atoms with Crippen LogP contribution in [-0.4, -0.2) is 5.78 Å². The van der Waals surface area contributed by atoms with E-state index in [9.17, 15) is 18.0 Å². The third kappa shape index (κ3) is 2.90. The Labute approximate surface area is 115 Å². The molecule has 0 radical (unpaired) electrons. The molecule has 0 aromatic heterocycles. The average molecular weight is 278 g/mol. The molecule has 0 bridgehead atoms. The summed E-state index contributed by atoms with van der Waals surface area (Å²) in [6, 6.07) is 12.2. The molecular formula is C16H13F3O. The molecule has 4 heteroatoms. The van der Waals surface area contributed by atoms with Crippen LogP contribution in [-0.2, 0) is 6.18 Å². The molecule has 2 rings (SSSR count). The molecule has 0 aliphatic rings. The zero-order valence-electron chi connectivity index (χ0n) is 10.9. The molecule has 2 aromatic rings. The van der Waals surface area contributed by atoms with Gasteiger partial charge < -0.3 is 0 Å². The van der Waals surface area contributed by atoms with Gasteiger partial charge in [0.15, 0.2) is 5.78 Å². The lowest BCUT2D eigenvalue weighted by atomic mass is 9.94. The van der Waals surface area contributed by atoms with Gasteiger partial charge in [-0.05, 0) is 23.3 Å². The Morgan fingerprint density at radius 3 is 2.25 bits per heavy atom. The molecule has 0 saturated carbocycles. The molecule has 104 valence electrons. The smallest absolute Gasteiger partial charge is 0.294 e. The van der Waals surface area contributed by atoms with E-state index in [1.807, 2.05) is 6.07 Å². The van der Waals surface area contributed by atoms with Gasteiger partial charge in [-0.1, -0.05) is 43.3 Å². The van der Waals surface area contributed by atoms with Crippen molar-refractivity contribution in [3.8, 4) is 11.1 Å². The second kappa shape index (κ2) is 5.49. The van der Waals surface area contributed by atoms with Gasteiger partial charge >= 0.3 is 6.18 Å². The van der Waals surface area contributed by atoms with E-state index in [4.69, 9.17) is 0 Å². The maximum absolute atomic E-state index is 12.8. The first kappa shape index (κ1) is 14.3. The fraction of sp³-hybridized carbons (Fsp3) is 0.188. The lowest BCUT2D eigenvalue weighted by Gasteiger charge is -2.12. The van der Waals surface area contributed by atoms with Gasteiger partial charge in [0.25, 0.3) is 0 Å². The molecule has 0 spiro atoms. The predicted octanol–water partition coefficient (Wildman–Crippen LogP) is 4.97.